The summed E-state index contributed by atoms with van der Waals surface area (Å²) in [5.41, 5.74) is 0. The van der Waals surface area contributed by atoms with Gasteiger partial charge in [0, 0.05) is 19.7 Å². The Morgan fingerprint density at radius 2 is 2.60 bits per heavy atom. The molecule has 1 aromatic rings. The molecule has 2 heterocycles. The maximum Gasteiger partial charge on any atom is 0.123 e. The Hall–Kier alpha value is -1.03. The summed E-state index contributed by atoms with van der Waals surface area (Å²) in [6.07, 6.45) is 5.78. The van der Waals surface area contributed by atoms with Crippen molar-refractivity contribution in [1.82, 2.24) is 15.1 Å². The minimum atomic E-state index is 0.847. The average Bonchev–Trinajstić information content (AvgIpc) is 2.66. The molecule has 0 spiro atoms. The van der Waals surface area contributed by atoms with E-state index in [0.717, 1.165) is 18.3 Å². The van der Waals surface area contributed by atoms with Crippen LogP contribution < -0.4 is 10.6 Å². The number of hydrogen-bond donors (Lipinski definition) is 2. The van der Waals surface area contributed by atoms with E-state index >= 15 is 0 Å². The first kappa shape index (κ1) is 10.5. The summed E-state index contributed by atoms with van der Waals surface area (Å²) in [7, 11) is 1.96. The molecule has 0 amide bonds. The number of anilines is 1. The van der Waals surface area contributed by atoms with Crippen LogP contribution in [-0.4, -0.2) is 29.4 Å². The summed E-state index contributed by atoms with van der Waals surface area (Å²) in [6.45, 7) is 3.44. The fourth-order valence-corrected chi connectivity index (χ4v) is 2.12. The molecule has 4 nitrogen and oxygen atoms in total. The molecule has 1 unspecified atom stereocenters. The number of nitrogens with zero attached hydrogens (tertiary/aromatic N) is 2. The van der Waals surface area contributed by atoms with E-state index in [1.165, 1.54) is 32.4 Å². The van der Waals surface area contributed by atoms with Gasteiger partial charge >= 0.3 is 0 Å². The Kier molecular flexibility index (Phi) is 3.61. The number of rotatable bonds is 4. The summed E-state index contributed by atoms with van der Waals surface area (Å²) in [5.74, 6) is 1.96. The van der Waals surface area contributed by atoms with Gasteiger partial charge < -0.3 is 10.6 Å². The Balaban J connectivity index is 1.68. The van der Waals surface area contributed by atoms with Gasteiger partial charge in [0.1, 0.15) is 5.82 Å². The highest BCUT2D eigenvalue weighted by atomic mass is 15.3. The molecule has 1 saturated heterocycles. The summed E-state index contributed by atoms with van der Waals surface area (Å²) in [6, 6.07) is 2.01. The number of hydrogen-bond acceptors (Lipinski definition) is 3. The van der Waals surface area contributed by atoms with Gasteiger partial charge in [0.2, 0.25) is 0 Å². The first-order valence-corrected chi connectivity index (χ1v) is 5.79. The minimum absolute atomic E-state index is 0.847. The molecule has 1 fully saturated rings. The van der Waals surface area contributed by atoms with Crippen molar-refractivity contribution in [3.05, 3.63) is 12.3 Å². The largest absolute Gasteiger partial charge is 0.370 e. The van der Waals surface area contributed by atoms with Gasteiger partial charge in [-0.2, -0.15) is 5.10 Å². The molecule has 0 aliphatic carbocycles. The summed E-state index contributed by atoms with van der Waals surface area (Å²) in [5, 5.41) is 11.0. The van der Waals surface area contributed by atoms with E-state index < -0.39 is 0 Å². The number of piperidine rings is 1. The highest BCUT2D eigenvalue weighted by molar-refractivity contribution is 5.33. The predicted octanol–water partition coefficient (Wildman–Crippen LogP) is 1.22. The molecule has 2 rings (SSSR count). The lowest BCUT2D eigenvalue weighted by molar-refractivity contribution is 0.364. The molecule has 0 aromatic carbocycles. The second-order valence-electron chi connectivity index (χ2n) is 4.27. The highest BCUT2D eigenvalue weighted by Crippen LogP contribution is 2.14. The lowest BCUT2D eigenvalue weighted by Crippen LogP contribution is -2.30. The first-order valence-electron chi connectivity index (χ1n) is 5.79. The summed E-state index contributed by atoms with van der Waals surface area (Å²) < 4.78 is 1.87. The van der Waals surface area contributed by atoms with Gasteiger partial charge in [0.15, 0.2) is 0 Å². The number of aryl methyl sites for hydroxylation is 1. The van der Waals surface area contributed by atoms with Crippen LogP contribution in [0, 0.1) is 5.92 Å². The fraction of sp³-hybridized carbons (Fsp3) is 0.727. The molecule has 84 valence electrons. The maximum absolute atomic E-state index is 4.12. The van der Waals surface area contributed by atoms with E-state index in [1.54, 1.807) is 0 Å². The van der Waals surface area contributed by atoms with Crippen LogP contribution in [0.1, 0.15) is 19.3 Å². The van der Waals surface area contributed by atoms with E-state index in [2.05, 4.69) is 15.7 Å². The second-order valence-corrected chi connectivity index (χ2v) is 4.27. The lowest BCUT2D eigenvalue weighted by Gasteiger charge is -2.22. The van der Waals surface area contributed by atoms with E-state index in [1.807, 2.05) is 24.0 Å². The third kappa shape index (κ3) is 2.96. The average molecular weight is 208 g/mol. The Morgan fingerprint density at radius 3 is 3.27 bits per heavy atom. The van der Waals surface area contributed by atoms with Crippen LogP contribution in [0.4, 0.5) is 5.82 Å². The quantitative estimate of drug-likeness (QED) is 0.782. The Morgan fingerprint density at radius 1 is 1.67 bits per heavy atom. The molecule has 0 saturated carbocycles. The molecule has 0 radical (unpaired) electrons. The van der Waals surface area contributed by atoms with E-state index in [0.29, 0.717) is 0 Å². The minimum Gasteiger partial charge on any atom is -0.370 e. The van der Waals surface area contributed by atoms with Gasteiger partial charge in [-0.1, -0.05) is 0 Å². The summed E-state index contributed by atoms with van der Waals surface area (Å²) >= 11 is 0. The molecule has 1 aliphatic rings. The third-order valence-corrected chi connectivity index (χ3v) is 3.08. The van der Waals surface area contributed by atoms with E-state index in [4.69, 9.17) is 0 Å². The second kappa shape index (κ2) is 5.16. The normalized spacial score (nSPS) is 21.5. The van der Waals surface area contributed by atoms with Crippen LogP contribution in [0.5, 0.6) is 0 Å². The summed E-state index contributed by atoms with van der Waals surface area (Å²) in [4.78, 5) is 0. The van der Waals surface area contributed by atoms with Crippen molar-refractivity contribution in [1.29, 1.82) is 0 Å². The highest BCUT2D eigenvalue weighted by Gasteiger charge is 2.12. The topological polar surface area (TPSA) is 41.9 Å². The standard InChI is InChI=1S/C11H20N4/c1-15-11(5-8-14-15)13-7-4-10-3-2-6-12-9-10/h5,8,10,12-13H,2-4,6-7,9H2,1H3. The van der Waals surface area contributed by atoms with Crippen molar-refractivity contribution in [2.75, 3.05) is 25.0 Å². The molecule has 0 bridgehead atoms. The van der Waals surface area contributed by atoms with Gasteiger partial charge in [-0.15, -0.1) is 0 Å². The van der Waals surface area contributed by atoms with Crippen molar-refractivity contribution in [3.63, 3.8) is 0 Å². The van der Waals surface area contributed by atoms with E-state index in [-0.39, 0.29) is 0 Å². The van der Waals surface area contributed by atoms with Crippen molar-refractivity contribution < 1.29 is 0 Å². The van der Waals surface area contributed by atoms with Gasteiger partial charge in [-0.25, -0.2) is 0 Å². The van der Waals surface area contributed by atoms with Crippen molar-refractivity contribution in [2.45, 2.75) is 19.3 Å². The van der Waals surface area contributed by atoms with Crippen LogP contribution >= 0.6 is 0 Å². The van der Waals surface area contributed by atoms with Gasteiger partial charge in [-0.05, 0) is 38.3 Å². The van der Waals surface area contributed by atoms with Crippen molar-refractivity contribution >= 4 is 5.82 Å². The third-order valence-electron chi connectivity index (χ3n) is 3.08. The zero-order valence-electron chi connectivity index (χ0n) is 9.37. The molecule has 15 heavy (non-hydrogen) atoms. The maximum atomic E-state index is 4.12. The van der Waals surface area contributed by atoms with Crippen LogP contribution in [0.25, 0.3) is 0 Å². The molecule has 2 N–H and O–H groups in total. The van der Waals surface area contributed by atoms with Crippen LogP contribution in [0.15, 0.2) is 12.3 Å². The van der Waals surface area contributed by atoms with Crippen LogP contribution in [0.2, 0.25) is 0 Å². The Labute approximate surface area is 91.1 Å². The van der Waals surface area contributed by atoms with Crippen LogP contribution in [-0.2, 0) is 7.05 Å². The van der Waals surface area contributed by atoms with Gasteiger partial charge in [0.25, 0.3) is 0 Å². The SMILES string of the molecule is Cn1nccc1NCCC1CCCNC1. The molecule has 1 aliphatic heterocycles. The van der Waals surface area contributed by atoms with Crippen molar-refractivity contribution in [3.8, 4) is 0 Å². The molecule has 4 heteroatoms. The number of aromatic nitrogens is 2. The number of nitrogens with one attached hydrogen (secondary N) is 2. The van der Waals surface area contributed by atoms with Crippen LogP contribution in [0.3, 0.4) is 0 Å². The van der Waals surface area contributed by atoms with E-state index in [9.17, 15) is 0 Å². The Bertz CT molecular complexity index is 289. The fourth-order valence-electron chi connectivity index (χ4n) is 2.12. The predicted molar refractivity (Wildman–Crippen MR) is 61.9 cm³/mol. The lowest BCUT2D eigenvalue weighted by atomic mass is 9.96. The van der Waals surface area contributed by atoms with Crippen molar-refractivity contribution in [2.24, 2.45) is 13.0 Å². The van der Waals surface area contributed by atoms with Gasteiger partial charge in [0.05, 0.1) is 6.20 Å². The monoisotopic (exact) mass is 208 g/mol. The molecule has 1 atom stereocenters. The molecule has 1 aromatic heterocycles. The molecular formula is C11H20N4. The molecular weight excluding hydrogens is 188 g/mol. The smallest absolute Gasteiger partial charge is 0.123 e. The zero-order valence-corrected chi connectivity index (χ0v) is 9.37. The zero-order chi connectivity index (χ0) is 10.5. The first-order chi connectivity index (χ1) is 7.36. The van der Waals surface area contributed by atoms with Gasteiger partial charge in [-0.3, -0.25) is 4.68 Å².